The van der Waals surface area contributed by atoms with E-state index in [1.54, 1.807) is 12.4 Å². The van der Waals surface area contributed by atoms with Crippen LogP contribution in [0, 0.1) is 6.92 Å². The zero-order valence-corrected chi connectivity index (χ0v) is 11.6. The lowest BCUT2D eigenvalue weighted by molar-refractivity contribution is -0.140. The van der Waals surface area contributed by atoms with E-state index in [0.717, 1.165) is 11.1 Å². The van der Waals surface area contributed by atoms with E-state index in [9.17, 15) is 13.8 Å². The first kappa shape index (κ1) is 15.3. The van der Waals surface area contributed by atoms with E-state index >= 15 is 0 Å². The van der Waals surface area contributed by atoms with Crippen molar-refractivity contribution < 1.29 is 18.9 Å². The van der Waals surface area contributed by atoms with Crippen LogP contribution in [0.3, 0.4) is 0 Å². The van der Waals surface area contributed by atoms with Gasteiger partial charge in [-0.25, -0.2) is 4.79 Å². The van der Waals surface area contributed by atoms with E-state index in [4.69, 9.17) is 5.11 Å². The summed E-state index contributed by atoms with van der Waals surface area (Å²) >= 11 is 0. The molecule has 7 heteroatoms. The standard InChI is InChI=1S/C12H16N2O4S/c1-8-3-10(5-13-4-8)6-19(18)7-11(12(16)17)14-9(2)15/h3-5,11H,6-7H2,1-2H3,(H,14,15)(H,16,17)/t11-,19?/m0/s1. The Morgan fingerprint density at radius 2 is 2.16 bits per heavy atom. The highest BCUT2D eigenvalue weighted by molar-refractivity contribution is 7.84. The van der Waals surface area contributed by atoms with Gasteiger partial charge in [-0.15, -0.1) is 0 Å². The van der Waals surface area contributed by atoms with Crippen molar-refractivity contribution in [1.29, 1.82) is 0 Å². The lowest BCUT2D eigenvalue weighted by Crippen LogP contribution is -2.43. The maximum atomic E-state index is 11.9. The summed E-state index contributed by atoms with van der Waals surface area (Å²) in [6.07, 6.45) is 3.28. The lowest BCUT2D eigenvalue weighted by atomic mass is 10.2. The molecule has 104 valence electrons. The number of hydrogen-bond acceptors (Lipinski definition) is 4. The summed E-state index contributed by atoms with van der Waals surface area (Å²) in [4.78, 5) is 25.8. The first-order valence-corrected chi connectivity index (χ1v) is 7.12. The van der Waals surface area contributed by atoms with Crippen LogP contribution < -0.4 is 5.32 Å². The zero-order chi connectivity index (χ0) is 14.4. The molecule has 1 rings (SSSR count). The highest BCUT2D eigenvalue weighted by atomic mass is 32.2. The molecule has 2 N–H and O–H groups in total. The van der Waals surface area contributed by atoms with Crippen molar-refractivity contribution in [2.75, 3.05) is 5.75 Å². The molecule has 0 spiro atoms. The Balaban J connectivity index is 2.62. The van der Waals surface area contributed by atoms with Crippen molar-refractivity contribution in [3.63, 3.8) is 0 Å². The topological polar surface area (TPSA) is 96.4 Å². The molecule has 0 aliphatic heterocycles. The maximum absolute atomic E-state index is 11.9. The number of rotatable bonds is 6. The fourth-order valence-corrected chi connectivity index (χ4v) is 2.79. The average molecular weight is 284 g/mol. The quantitative estimate of drug-likeness (QED) is 0.779. The third-order valence-electron chi connectivity index (χ3n) is 2.29. The molecule has 0 aliphatic rings. The largest absolute Gasteiger partial charge is 0.480 e. The van der Waals surface area contributed by atoms with Crippen molar-refractivity contribution in [3.8, 4) is 0 Å². The highest BCUT2D eigenvalue weighted by Crippen LogP contribution is 2.05. The van der Waals surface area contributed by atoms with E-state index in [-0.39, 0.29) is 11.5 Å². The molecule has 1 heterocycles. The van der Waals surface area contributed by atoms with Gasteiger partial charge in [-0.2, -0.15) is 0 Å². The van der Waals surface area contributed by atoms with E-state index in [0.29, 0.717) is 0 Å². The van der Waals surface area contributed by atoms with Crippen LogP contribution in [0.4, 0.5) is 0 Å². The number of carboxylic acid groups (broad SMARTS) is 1. The Kier molecular flexibility index (Phi) is 5.62. The number of carbonyl (C=O) groups is 2. The zero-order valence-electron chi connectivity index (χ0n) is 10.8. The van der Waals surface area contributed by atoms with Crippen LogP contribution in [-0.2, 0) is 26.1 Å². The van der Waals surface area contributed by atoms with Gasteiger partial charge < -0.3 is 10.4 Å². The highest BCUT2D eigenvalue weighted by Gasteiger charge is 2.21. The first-order chi connectivity index (χ1) is 8.88. The molecule has 1 aromatic heterocycles. The normalized spacial score (nSPS) is 13.6. The molecule has 1 unspecified atom stereocenters. The fraction of sp³-hybridized carbons (Fsp3) is 0.417. The summed E-state index contributed by atoms with van der Waals surface area (Å²) in [5.41, 5.74) is 1.73. The van der Waals surface area contributed by atoms with Crippen molar-refractivity contribution in [1.82, 2.24) is 10.3 Å². The summed E-state index contributed by atoms with van der Waals surface area (Å²) in [5, 5.41) is 11.2. The van der Waals surface area contributed by atoms with Gasteiger partial charge in [-0.05, 0) is 18.1 Å². The number of aliphatic carboxylic acids is 1. The SMILES string of the molecule is CC(=O)N[C@@H](CS(=O)Cc1cncc(C)c1)C(=O)O. The van der Waals surface area contributed by atoms with Crippen molar-refractivity contribution in [2.45, 2.75) is 25.6 Å². The van der Waals surface area contributed by atoms with Gasteiger partial charge >= 0.3 is 5.97 Å². The van der Waals surface area contributed by atoms with Gasteiger partial charge in [0.2, 0.25) is 5.91 Å². The van der Waals surface area contributed by atoms with Gasteiger partial charge in [-0.1, -0.05) is 6.07 Å². The molecule has 1 aromatic rings. The molecule has 19 heavy (non-hydrogen) atoms. The summed E-state index contributed by atoms with van der Waals surface area (Å²) in [6.45, 7) is 3.10. The predicted octanol–water partition coefficient (Wildman–Crippen LogP) is 0.228. The lowest BCUT2D eigenvalue weighted by Gasteiger charge is -2.12. The predicted molar refractivity (Wildman–Crippen MR) is 70.9 cm³/mol. The number of amides is 1. The summed E-state index contributed by atoms with van der Waals surface area (Å²) in [5.74, 6) is -1.55. The smallest absolute Gasteiger partial charge is 0.327 e. The molecule has 0 saturated carbocycles. The number of nitrogens with one attached hydrogen (secondary N) is 1. The maximum Gasteiger partial charge on any atom is 0.327 e. The molecule has 6 nitrogen and oxygen atoms in total. The molecular weight excluding hydrogens is 268 g/mol. The number of aromatic nitrogens is 1. The Bertz CT molecular complexity index is 504. The summed E-state index contributed by atoms with van der Waals surface area (Å²) < 4.78 is 11.9. The molecule has 0 aliphatic carbocycles. The first-order valence-electron chi connectivity index (χ1n) is 5.64. The minimum atomic E-state index is -1.38. The number of nitrogens with zero attached hydrogens (tertiary/aromatic N) is 1. The Morgan fingerprint density at radius 1 is 1.47 bits per heavy atom. The second kappa shape index (κ2) is 6.98. The number of carbonyl (C=O) groups excluding carboxylic acids is 1. The van der Waals surface area contributed by atoms with Crippen molar-refractivity contribution in [2.24, 2.45) is 0 Å². The van der Waals surface area contributed by atoms with Gasteiger partial charge in [0.15, 0.2) is 0 Å². The molecule has 0 saturated heterocycles. The molecule has 0 radical (unpaired) electrons. The Morgan fingerprint density at radius 3 is 2.68 bits per heavy atom. The van der Waals surface area contributed by atoms with E-state index in [2.05, 4.69) is 10.3 Å². The fourth-order valence-electron chi connectivity index (χ4n) is 1.55. The number of hydrogen-bond donors (Lipinski definition) is 2. The van der Waals surface area contributed by atoms with Crippen molar-refractivity contribution in [3.05, 3.63) is 29.6 Å². The van der Waals surface area contributed by atoms with Gasteiger partial charge in [-0.3, -0.25) is 14.0 Å². The number of pyridine rings is 1. The Hall–Kier alpha value is -1.76. The van der Waals surface area contributed by atoms with Gasteiger partial charge in [0.25, 0.3) is 0 Å². The van der Waals surface area contributed by atoms with Gasteiger partial charge in [0, 0.05) is 30.1 Å². The van der Waals surface area contributed by atoms with Crippen LogP contribution in [0.5, 0.6) is 0 Å². The molecular formula is C12H16N2O4S. The third-order valence-corrected chi connectivity index (χ3v) is 3.65. The van der Waals surface area contributed by atoms with E-state index < -0.39 is 28.7 Å². The molecule has 0 fully saturated rings. The monoisotopic (exact) mass is 284 g/mol. The molecule has 1 amide bonds. The minimum absolute atomic E-state index is 0.122. The second-order valence-electron chi connectivity index (χ2n) is 4.21. The van der Waals surface area contributed by atoms with Crippen LogP contribution in [0.2, 0.25) is 0 Å². The van der Waals surface area contributed by atoms with Crippen LogP contribution >= 0.6 is 0 Å². The Labute approximate surface area is 113 Å². The van der Waals surface area contributed by atoms with Crippen molar-refractivity contribution >= 4 is 22.7 Å². The van der Waals surface area contributed by atoms with Crippen LogP contribution in [-0.4, -0.2) is 38.0 Å². The van der Waals surface area contributed by atoms with Crippen LogP contribution in [0.1, 0.15) is 18.1 Å². The van der Waals surface area contributed by atoms with Crippen LogP contribution in [0.25, 0.3) is 0 Å². The number of aryl methyl sites for hydroxylation is 1. The van der Waals surface area contributed by atoms with E-state index in [1.165, 1.54) is 6.92 Å². The summed E-state index contributed by atoms with van der Waals surface area (Å²) in [6, 6.07) is 0.718. The molecule has 2 atom stereocenters. The third kappa shape index (κ3) is 5.60. The van der Waals surface area contributed by atoms with Crippen LogP contribution in [0.15, 0.2) is 18.5 Å². The molecule has 0 bridgehead atoms. The minimum Gasteiger partial charge on any atom is -0.480 e. The average Bonchev–Trinajstić information content (AvgIpc) is 2.27. The molecule has 0 aromatic carbocycles. The van der Waals surface area contributed by atoms with Gasteiger partial charge in [0.1, 0.15) is 6.04 Å². The van der Waals surface area contributed by atoms with Gasteiger partial charge in [0.05, 0.1) is 11.5 Å². The number of carboxylic acids is 1. The summed E-state index contributed by atoms with van der Waals surface area (Å²) in [7, 11) is -1.38. The van der Waals surface area contributed by atoms with E-state index in [1.807, 2.05) is 13.0 Å². The second-order valence-corrected chi connectivity index (χ2v) is 5.71.